The maximum atomic E-state index is 5.78. The average molecular weight is 185 g/mol. The van der Waals surface area contributed by atoms with Crippen molar-refractivity contribution in [1.29, 1.82) is 0 Å². The molecule has 0 aliphatic heterocycles. The zero-order valence-corrected chi connectivity index (χ0v) is 10.1. The van der Waals surface area contributed by atoms with Crippen LogP contribution in [0.2, 0.25) is 0 Å². The summed E-state index contributed by atoms with van der Waals surface area (Å²) in [6.07, 6.45) is 3.87. The van der Waals surface area contributed by atoms with E-state index < -0.39 is 0 Å². The van der Waals surface area contributed by atoms with E-state index in [1.807, 2.05) is 0 Å². The van der Waals surface area contributed by atoms with E-state index in [1.165, 1.54) is 19.3 Å². The molecule has 0 heterocycles. The van der Waals surface area contributed by atoms with Gasteiger partial charge in [0.25, 0.3) is 0 Å². The summed E-state index contributed by atoms with van der Waals surface area (Å²) in [7, 11) is 0. The molecule has 0 amide bonds. The monoisotopic (exact) mass is 185 g/mol. The number of rotatable bonds is 6. The maximum Gasteiger partial charge on any atom is -0.00462 e. The molecule has 0 bridgehead atoms. The number of hydrogen-bond donors (Lipinski definition) is 1. The lowest BCUT2D eigenvalue weighted by atomic mass is 9.76. The molecule has 0 aromatic rings. The molecular weight excluding hydrogens is 158 g/mol. The van der Waals surface area contributed by atoms with Crippen LogP contribution in [0.1, 0.15) is 53.9 Å². The summed E-state index contributed by atoms with van der Waals surface area (Å²) in [6.45, 7) is 12.4. The molecule has 1 heteroatoms. The SMILES string of the molecule is CCCC(C)(C)CC(CN)C(C)C. The van der Waals surface area contributed by atoms with E-state index in [1.54, 1.807) is 0 Å². The molecule has 0 fully saturated rings. The Labute approximate surface area is 84.1 Å². The third-order valence-electron chi connectivity index (χ3n) is 2.99. The summed E-state index contributed by atoms with van der Waals surface area (Å²) < 4.78 is 0. The van der Waals surface area contributed by atoms with Crippen LogP contribution in [0.15, 0.2) is 0 Å². The van der Waals surface area contributed by atoms with Crippen LogP contribution in [-0.4, -0.2) is 6.54 Å². The highest BCUT2D eigenvalue weighted by Crippen LogP contribution is 2.32. The first-order chi connectivity index (χ1) is 5.93. The van der Waals surface area contributed by atoms with Gasteiger partial charge in [-0.3, -0.25) is 0 Å². The minimum atomic E-state index is 0.475. The summed E-state index contributed by atoms with van der Waals surface area (Å²) in [4.78, 5) is 0. The Morgan fingerprint density at radius 2 is 1.77 bits per heavy atom. The van der Waals surface area contributed by atoms with E-state index in [0.717, 1.165) is 12.5 Å². The van der Waals surface area contributed by atoms with E-state index in [2.05, 4.69) is 34.6 Å². The van der Waals surface area contributed by atoms with Crippen molar-refractivity contribution < 1.29 is 0 Å². The summed E-state index contributed by atoms with van der Waals surface area (Å²) in [5.74, 6) is 1.42. The molecule has 0 aliphatic carbocycles. The molecule has 2 N–H and O–H groups in total. The second-order valence-corrected chi connectivity index (χ2v) is 5.36. The zero-order chi connectivity index (χ0) is 10.5. The van der Waals surface area contributed by atoms with Crippen LogP contribution in [-0.2, 0) is 0 Å². The molecule has 0 radical (unpaired) electrons. The van der Waals surface area contributed by atoms with E-state index in [-0.39, 0.29) is 0 Å². The van der Waals surface area contributed by atoms with Crippen LogP contribution in [0.5, 0.6) is 0 Å². The Morgan fingerprint density at radius 3 is 2.08 bits per heavy atom. The van der Waals surface area contributed by atoms with E-state index in [0.29, 0.717) is 11.3 Å². The van der Waals surface area contributed by atoms with Gasteiger partial charge in [-0.05, 0) is 36.6 Å². The minimum absolute atomic E-state index is 0.475. The lowest BCUT2D eigenvalue weighted by Gasteiger charge is -2.31. The minimum Gasteiger partial charge on any atom is -0.330 e. The number of hydrogen-bond acceptors (Lipinski definition) is 1. The largest absolute Gasteiger partial charge is 0.330 e. The molecule has 1 nitrogen and oxygen atoms in total. The summed E-state index contributed by atoms with van der Waals surface area (Å²) in [6, 6.07) is 0. The predicted molar refractivity (Wildman–Crippen MR) is 60.7 cm³/mol. The second-order valence-electron chi connectivity index (χ2n) is 5.36. The van der Waals surface area contributed by atoms with E-state index in [9.17, 15) is 0 Å². The summed E-state index contributed by atoms with van der Waals surface area (Å²) in [5.41, 5.74) is 6.25. The van der Waals surface area contributed by atoms with Gasteiger partial charge in [0.1, 0.15) is 0 Å². The molecule has 0 saturated heterocycles. The quantitative estimate of drug-likeness (QED) is 0.674. The van der Waals surface area contributed by atoms with Crippen molar-refractivity contribution in [1.82, 2.24) is 0 Å². The van der Waals surface area contributed by atoms with Crippen molar-refractivity contribution in [3.63, 3.8) is 0 Å². The lowest BCUT2D eigenvalue weighted by molar-refractivity contribution is 0.213. The molecule has 0 aliphatic rings. The van der Waals surface area contributed by atoms with Gasteiger partial charge in [-0.25, -0.2) is 0 Å². The smallest absolute Gasteiger partial charge is 0.00462 e. The van der Waals surface area contributed by atoms with Gasteiger partial charge in [0.15, 0.2) is 0 Å². The second kappa shape index (κ2) is 5.64. The van der Waals surface area contributed by atoms with Crippen LogP contribution in [0, 0.1) is 17.3 Å². The molecule has 1 atom stereocenters. The van der Waals surface area contributed by atoms with Gasteiger partial charge >= 0.3 is 0 Å². The first kappa shape index (κ1) is 13.0. The van der Waals surface area contributed by atoms with Crippen LogP contribution in [0.3, 0.4) is 0 Å². The summed E-state index contributed by atoms with van der Waals surface area (Å²) in [5, 5.41) is 0. The van der Waals surface area contributed by atoms with Crippen LogP contribution < -0.4 is 5.73 Å². The molecule has 0 spiro atoms. The van der Waals surface area contributed by atoms with Gasteiger partial charge in [0.2, 0.25) is 0 Å². The highest BCUT2D eigenvalue weighted by Gasteiger charge is 2.23. The molecule has 1 unspecified atom stereocenters. The highest BCUT2D eigenvalue weighted by molar-refractivity contribution is 4.75. The summed E-state index contributed by atoms with van der Waals surface area (Å²) >= 11 is 0. The normalized spacial score (nSPS) is 15.0. The van der Waals surface area contributed by atoms with Gasteiger partial charge in [0.05, 0.1) is 0 Å². The van der Waals surface area contributed by atoms with Gasteiger partial charge in [-0.15, -0.1) is 0 Å². The first-order valence-electron chi connectivity index (χ1n) is 5.63. The van der Waals surface area contributed by atoms with Gasteiger partial charge in [0, 0.05) is 0 Å². The third kappa shape index (κ3) is 5.30. The van der Waals surface area contributed by atoms with Crippen molar-refractivity contribution in [2.45, 2.75) is 53.9 Å². The molecule has 80 valence electrons. The van der Waals surface area contributed by atoms with Crippen LogP contribution >= 0.6 is 0 Å². The molecular formula is C12H27N. The van der Waals surface area contributed by atoms with Crippen molar-refractivity contribution in [3.05, 3.63) is 0 Å². The maximum absolute atomic E-state index is 5.78. The Bertz CT molecular complexity index is 127. The average Bonchev–Trinajstić information content (AvgIpc) is 1.99. The highest BCUT2D eigenvalue weighted by atomic mass is 14.6. The molecule has 13 heavy (non-hydrogen) atoms. The Balaban J connectivity index is 4.05. The van der Waals surface area contributed by atoms with Crippen molar-refractivity contribution in [3.8, 4) is 0 Å². The van der Waals surface area contributed by atoms with Gasteiger partial charge in [-0.2, -0.15) is 0 Å². The van der Waals surface area contributed by atoms with Crippen molar-refractivity contribution in [2.75, 3.05) is 6.54 Å². The number of nitrogens with two attached hydrogens (primary N) is 1. The van der Waals surface area contributed by atoms with Gasteiger partial charge < -0.3 is 5.73 Å². The fourth-order valence-corrected chi connectivity index (χ4v) is 2.08. The van der Waals surface area contributed by atoms with E-state index in [4.69, 9.17) is 5.73 Å². The zero-order valence-electron chi connectivity index (χ0n) is 10.1. The topological polar surface area (TPSA) is 26.0 Å². The molecule has 0 rings (SSSR count). The Morgan fingerprint density at radius 1 is 1.23 bits per heavy atom. The van der Waals surface area contributed by atoms with Crippen LogP contribution in [0.25, 0.3) is 0 Å². The molecule has 0 aromatic heterocycles. The predicted octanol–water partition coefficient (Wildman–Crippen LogP) is 3.43. The lowest BCUT2D eigenvalue weighted by Crippen LogP contribution is -2.26. The van der Waals surface area contributed by atoms with E-state index >= 15 is 0 Å². The Hall–Kier alpha value is -0.0400. The van der Waals surface area contributed by atoms with Gasteiger partial charge in [-0.1, -0.05) is 41.0 Å². The fourth-order valence-electron chi connectivity index (χ4n) is 2.08. The fraction of sp³-hybridized carbons (Fsp3) is 1.00. The Kier molecular flexibility index (Phi) is 5.62. The molecule has 0 aromatic carbocycles. The van der Waals surface area contributed by atoms with Crippen molar-refractivity contribution in [2.24, 2.45) is 23.0 Å². The third-order valence-corrected chi connectivity index (χ3v) is 2.99. The standard InChI is InChI=1S/C12H27N/c1-6-7-12(4,5)8-11(9-13)10(2)3/h10-11H,6-9,13H2,1-5H3. The van der Waals surface area contributed by atoms with Crippen LogP contribution in [0.4, 0.5) is 0 Å². The first-order valence-corrected chi connectivity index (χ1v) is 5.63. The van der Waals surface area contributed by atoms with Crippen molar-refractivity contribution >= 4 is 0 Å². The molecule has 0 saturated carbocycles.